The molecule has 1 aromatic rings. The minimum Gasteiger partial charge on any atom is -0.399 e. The average molecular weight is 222 g/mol. The van der Waals surface area contributed by atoms with Gasteiger partial charge in [0.1, 0.15) is 5.69 Å². The molecule has 88 valence electrons. The fraction of sp³-hybridized carbons (Fsp3) is 0.455. The molecule has 0 aliphatic rings. The molecular weight excluding hydrogens is 204 g/mol. The van der Waals surface area contributed by atoms with Crippen molar-refractivity contribution in [2.24, 2.45) is 0 Å². The van der Waals surface area contributed by atoms with Crippen molar-refractivity contribution in [2.75, 3.05) is 32.9 Å². The molecule has 0 saturated heterocycles. The molecular formula is C11H18N4O. The first-order chi connectivity index (χ1) is 7.59. The summed E-state index contributed by atoms with van der Waals surface area (Å²) in [5.74, 6) is -0.175. The number of carbonyl (C=O) groups is 1. The largest absolute Gasteiger partial charge is 0.399 e. The van der Waals surface area contributed by atoms with Crippen molar-refractivity contribution in [1.29, 1.82) is 0 Å². The van der Waals surface area contributed by atoms with Gasteiger partial charge < -0.3 is 16.0 Å². The first kappa shape index (κ1) is 12.4. The van der Waals surface area contributed by atoms with Crippen LogP contribution >= 0.6 is 0 Å². The van der Waals surface area contributed by atoms with Crippen molar-refractivity contribution in [3.63, 3.8) is 0 Å². The Morgan fingerprint density at radius 3 is 2.94 bits per heavy atom. The highest BCUT2D eigenvalue weighted by molar-refractivity contribution is 5.92. The average Bonchev–Trinajstić information content (AvgIpc) is 2.24. The number of anilines is 1. The second kappa shape index (κ2) is 6.07. The van der Waals surface area contributed by atoms with Crippen molar-refractivity contribution >= 4 is 11.6 Å². The van der Waals surface area contributed by atoms with Gasteiger partial charge in [-0.25, -0.2) is 0 Å². The molecule has 0 atom stereocenters. The molecule has 16 heavy (non-hydrogen) atoms. The summed E-state index contributed by atoms with van der Waals surface area (Å²) in [5.41, 5.74) is 6.48. The quantitative estimate of drug-likeness (QED) is 0.705. The lowest BCUT2D eigenvalue weighted by Crippen LogP contribution is -2.27. The molecule has 0 aliphatic carbocycles. The topological polar surface area (TPSA) is 71.2 Å². The maximum atomic E-state index is 11.6. The Bertz CT molecular complexity index is 352. The third-order valence-corrected chi connectivity index (χ3v) is 2.08. The number of nitrogens with zero attached hydrogens (tertiary/aromatic N) is 2. The second-order valence-corrected chi connectivity index (χ2v) is 3.89. The number of hydrogen-bond acceptors (Lipinski definition) is 4. The van der Waals surface area contributed by atoms with E-state index in [0.29, 0.717) is 17.9 Å². The van der Waals surface area contributed by atoms with Crippen molar-refractivity contribution < 1.29 is 4.79 Å². The Labute approximate surface area is 95.7 Å². The third-order valence-electron chi connectivity index (χ3n) is 2.08. The summed E-state index contributed by atoms with van der Waals surface area (Å²) in [6.07, 6.45) is 2.45. The van der Waals surface area contributed by atoms with Gasteiger partial charge >= 0.3 is 0 Å². The Balaban J connectivity index is 2.35. The molecule has 0 fully saturated rings. The van der Waals surface area contributed by atoms with Crippen LogP contribution in [0.3, 0.4) is 0 Å². The predicted molar refractivity (Wildman–Crippen MR) is 64.2 cm³/mol. The van der Waals surface area contributed by atoms with Crippen LogP contribution < -0.4 is 11.1 Å². The number of aromatic nitrogens is 1. The molecule has 0 aliphatic heterocycles. The molecule has 1 aromatic heterocycles. The summed E-state index contributed by atoms with van der Waals surface area (Å²) in [5, 5.41) is 2.80. The zero-order valence-electron chi connectivity index (χ0n) is 9.73. The van der Waals surface area contributed by atoms with E-state index in [0.717, 1.165) is 13.0 Å². The molecule has 1 amide bonds. The molecule has 1 rings (SSSR count). The normalized spacial score (nSPS) is 10.4. The molecule has 3 N–H and O–H groups in total. The van der Waals surface area contributed by atoms with E-state index in [1.165, 1.54) is 6.20 Å². The van der Waals surface area contributed by atoms with E-state index < -0.39 is 0 Å². The van der Waals surface area contributed by atoms with Crippen LogP contribution in [0.1, 0.15) is 16.9 Å². The SMILES string of the molecule is CN(C)CCCNC(=O)c1cc(N)ccn1. The lowest BCUT2D eigenvalue weighted by molar-refractivity contribution is 0.0947. The lowest BCUT2D eigenvalue weighted by Gasteiger charge is -2.09. The first-order valence-electron chi connectivity index (χ1n) is 5.24. The van der Waals surface area contributed by atoms with Gasteiger partial charge in [-0.3, -0.25) is 9.78 Å². The Hall–Kier alpha value is -1.62. The van der Waals surface area contributed by atoms with E-state index in [1.54, 1.807) is 12.1 Å². The summed E-state index contributed by atoms with van der Waals surface area (Å²) in [7, 11) is 4.00. The van der Waals surface area contributed by atoms with Crippen molar-refractivity contribution in [3.8, 4) is 0 Å². The van der Waals surface area contributed by atoms with Gasteiger partial charge in [-0.2, -0.15) is 0 Å². The van der Waals surface area contributed by atoms with E-state index in [4.69, 9.17) is 5.73 Å². The highest BCUT2D eigenvalue weighted by atomic mass is 16.1. The minimum atomic E-state index is -0.175. The Kier molecular flexibility index (Phi) is 4.72. The molecule has 0 saturated carbocycles. The summed E-state index contributed by atoms with van der Waals surface area (Å²) < 4.78 is 0. The number of nitrogens with two attached hydrogens (primary N) is 1. The highest BCUT2D eigenvalue weighted by Gasteiger charge is 2.05. The van der Waals surface area contributed by atoms with Crippen LogP contribution in [-0.4, -0.2) is 43.0 Å². The molecule has 0 spiro atoms. The van der Waals surface area contributed by atoms with Crippen LogP contribution in [0.25, 0.3) is 0 Å². The smallest absolute Gasteiger partial charge is 0.269 e. The molecule has 5 heteroatoms. The van der Waals surface area contributed by atoms with Crippen LogP contribution in [0.2, 0.25) is 0 Å². The zero-order chi connectivity index (χ0) is 12.0. The minimum absolute atomic E-state index is 0.175. The summed E-state index contributed by atoms with van der Waals surface area (Å²) in [4.78, 5) is 17.6. The van der Waals surface area contributed by atoms with E-state index in [9.17, 15) is 4.79 Å². The number of rotatable bonds is 5. The third kappa shape index (κ3) is 4.27. The van der Waals surface area contributed by atoms with E-state index in [-0.39, 0.29) is 5.91 Å². The first-order valence-corrected chi connectivity index (χ1v) is 5.24. The molecule has 0 bridgehead atoms. The predicted octanol–water partition coefficient (Wildman–Crippen LogP) is 0.345. The lowest BCUT2D eigenvalue weighted by atomic mass is 10.3. The second-order valence-electron chi connectivity index (χ2n) is 3.89. The maximum Gasteiger partial charge on any atom is 0.269 e. The molecule has 0 unspecified atom stereocenters. The number of carbonyl (C=O) groups excluding carboxylic acids is 1. The van der Waals surface area contributed by atoms with E-state index in [2.05, 4.69) is 15.2 Å². The monoisotopic (exact) mass is 222 g/mol. The van der Waals surface area contributed by atoms with Gasteiger partial charge in [0.25, 0.3) is 5.91 Å². The van der Waals surface area contributed by atoms with Gasteiger partial charge in [-0.15, -0.1) is 0 Å². The molecule has 0 aromatic carbocycles. The molecule has 0 radical (unpaired) electrons. The standard InChI is InChI=1S/C11H18N4O/c1-15(2)7-3-5-14-11(16)10-8-9(12)4-6-13-10/h4,6,8H,3,5,7H2,1-2H3,(H2,12,13)(H,14,16). The van der Waals surface area contributed by atoms with Crippen molar-refractivity contribution in [2.45, 2.75) is 6.42 Å². The van der Waals surface area contributed by atoms with E-state index in [1.807, 2.05) is 14.1 Å². The van der Waals surface area contributed by atoms with Gasteiger partial charge in [-0.05, 0) is 39.2 Å². The van der Waals surface area contributed by atoms with Gasteiger partial charge in [0, 0.05) is 18.4 Å². The summed E-state index contributed by atoms with van der Waals surface area (Å²) >= 11 is 0. The van der Waals surface area contributed by atoms with Crippen molar-refractivity contribution in [1.82, 2.24) is 15.2 Å². The van der Waals surface area contributed by atoms with Crippen LogP contribution in [0.4, 0.5) is 5.69 Å². The van der Waals surface area contributed by atoms with Crippen LogP contribution in [0.5, 0.6) is 0 Å². The number of hydrogen-bond donors (Lipinski definition) is 2. The number of amides is 1. The number of pyridine rings is 1. The van der Waals surface area contributed by atoms with Gasteiger partial charge in [0.2, 0.25) is 0 Å². The Morgan fingerprint density at radius 1 is 1.56 bits per heavy atom. The zero-order valence-corrected chi connectivity index (χ0v) is 9.73. The van der Waals surface area contributed by atoms with Crippen LogP contribution in [0, 0.1) is 0 Å². The Morgan fingerprint density at radius 2 is 2.31 bits per heavy atom. The van der Waals surface area contributed by atoms with Crippen molar-refractivity contribution in [3.05, 3.63) is 24.0 Å². The fourth-order valence-corrected chi connectivity index (χ4v) is 1.26. The molecule has 5 nitrogen and oxygen atoms in total. The van der Waals surface area contributed by atoms with Gasteiger partial charge in [0.15, 0.2) is 0 Å². The highest BCUT2D eigenvalue weighted by Crippen LogP contribution is 2.02. The van der Waals surface area contributed by atoms with Crippen LogP contribution in [-0.2, 0) is 0 Å². The maximum absolute atomic E-state index is 11.6. The molecule has 1 heterocycles. The number of nitrogen functional groups attached to an aromatic ring is 1. The number of nitrogens with one attached hydrogen (secondary N) is 1. The summed E-state index contributed by atoms with van der Waals surface area (Å²) in [6, 6.07) is 3.23. The summed E-state index contributed by atoms with van der Waals surface area (Å²) in [6.45, 7) is 1.60. The van der Waals surface area contributed by atoms with Gasteiger partial charge in [-0.1, -0.05) is 0 Å². The van der Waals surface area contributed by atoms with Gasteiger partial charge in [0.05, 0.1) is 0 Å². The van der Waals surface area contributed by atoms with Crippen LogP contribution in [0.15, 0.2) is 18.3 Å². The fourth-order valence-electron chi connectivity index (χ4n) is 1.26. The van der Waals surface area contributed by atoms with E-state index >= 15 is 0 Å².